The predicted octanol–water partition coefficient (Wildman–Crippen LogP) is 2.99. The molecule has 73 heavy (non-hydrogen) atoms. The van der Waals surface area contributed by atoms with Crippen LogP contribution in [-0.4, -0.2) is 179 Å². The highest BCUT2D eigenvalue weighted by Crippen LogP contribution is 2.32. The highest BCUT2D eigenvalue weighted by molar-refractivity contribution is 5.92. The number of likely N-dealkylation sites (N-methyl/N-ethyl adjacent to an activating group) is 2. The fraction of sp³-hybridized carbons (Fsp3) is 0.679. The molecular formula is C53H84N6O14. The van der Waals surface area contributed by atoms with Gasteiger partial charge in [0.2, 0.25) is 23.6 Å². The normalized spacial score (nSPS) is 23.8. The zero-order chi connectivity index (χ0) is 54.4. The first-order valence-electron chi connectivity index (χ1n) is 25.5. The number of aliphatic hydroxyl groups excluding tert-OH is 4. The van der Waals surface area contributed by atoms with Gasteiger partial charge in [-0.2, -0.15) is 0 Å². The standard InChI is InChI=1S/C53H84N6O14/c1-13-31(6)43(57(9)51(67)41(29(2)3)56-50(66)42(30(4)5)58(10)53(68)71-28-34-21-23-36(54)24-22-34)38(69-11)26-40(61)59-25-17-20-37(59)47(70-12)32(7)49(65)55-33(8)48(35-18-15-14-16-19-35)73-52-46(64)45(63)44(62)39(27-60)72-52/h14-16,18-19,21-24,29-33,37-39,41-48,52,60,62-64H,13,17,20,25-28,54H2,1-12H3,(H,55,65)(H,56,66). The number of aliphatic hydroxyl groups is 4. The van der Waals surface area contributed by atoms with Gasteiger partial charge in [0.1, 0.15) is 49.2 Å². The molecule has 0 bridgehead atoms. The van der Waals surface area contributed by atoms with Crippen LogP contribution in [0.4, 0.5) is 10.5 Å². The highest BCUT2D eigenvalue weighted by Gasteiger charge is 2.47. The summed E-state index contributed by atoms with van der Waals surface area (Å²) in [6, 6.07) is 12.0. The maximum absolute atomic E-state index is 14.6. The molecule has 2 fully saturated rings. The van der Waals surface area contributed by atoms with Crippen LogP contribution in [0.5, 0.6) is 0 Å². The highest BCUT2D eigenvalue weighted by atomic mass is 16.7. The average Bonchev–Trinajstić information content (AvgIpc) is 3.86. The van der Waals surface area contributed by atoms with E-state index in [1.54, 1.807) is 99.1 Å². The van der Waals surface area contributed by atoms with Crippen LogP contribution in [0.1, 0.15) is 98.3 Å². The molecule has 2 aromatic rings. The molecule has 4 rings (SSSR count). The number of likely N-dealkylation sites (tertiary alicyclic amines) is 1. The Morgan fingerprint density at radius 1 is 0.836 bits per heavy atom. The van der Waals surface area contributed by atoms with E-state index < -0.39 is 110 Å². The number of nitrogens with two attached hydrogens (primary N) is 1. The predicted molar refractivity (Wildman–Crippen MR) is 272 cm³/mol. The largest absolute Gasteiger partial charge is 0.445 e. The number of anilines is 1. The number of nitrogens with zero attached hydrogens (tertiary/aromatic N) is 3. The topological polar surface area (TPSA) is 272 Å². The molecule has 410 valence electrons. The Balaban J connectivity index is 1.48. The third kappa shape index (κ3) is 15.3. The molecule has 5 amide bonds. The number of carbonyl (C=O) groups excluding carboxylic acids is 5. The van der Waals surface area contributed by atoms with Crippen molar-refractivity contribution in [2.45, 2.75) is 167 Å². The van der Waals surface area contributed by atoms with E-state index in [1.165, 1.54) is 26.2 Å². The molecule has 20 heteroatoms. The first-order valence-corrected chi connectivity index (χ1v) is 25.5. The summed E-state index contributed by atoms with van der Waals surface area (Å²) in [6.45, 7) is 14.4. The molecule has 2 saturated heterocycles. The number of hydrogen-bond acceptors (Lipinski definition) is 15. The van der Waals surface area contributed by atoms with Crippen LogP contribution in [0.25, 0.3) is 0 Å². The lowest BCUT2D eigenvalue weighted by Crippen LogP contribution is -2.60. The Morgan fingerprint density at radius 2 is 1.48 bits per heavy atom. The number of rotatable bonds is 25. The van der Waals surface area contributed by atoms with Crippen LogP contribution >= 0.6 is 0 Å². The lowest BCUT2D eigenvalue weighted by atomic mass is 9.89. The molecule has 2 aliphatic rings. The number of amides is 5. The Labute approximate surface area is 431 Å². The van der Waals surface area contributed by atoms with E-state index in [4.69, 9.17) is 29.4 Å². The third-order valence-corrected chi connectivity index (χ3v) is 14.5. The lowest BCUT2D eigenvalue weighted by molar-refractivity contribution is -0.314. The minimum absolute atomic E-state index is 0.0252. The summed E-state index contributed by atoms with van der Waals surface area (Å²) in [5.74, 6) is -3.23. The van der Waals surface area contributed by atoms with Gasteiger partial charge in [-0.25, -0.2) is 4.79 Å². The Hall–Kier alpha value is -4.93. The smallest absolute Gasteiger partial charge is 0.410 e. The van der Waals surface area contributed by atoms with Gasteiger partial charge in [0.15, 0.2) is 6.29 Å². The van der Waals surface area contributed by atoms with E-state index in [0.29, 0.717) is 37.1 Å². The Bertz CT molecular complexity index is 2070. The van der Waals surface area contributed by atoms with Gasteiger partial charge in [-0.3, -0.25) is 24.1 Å². The van der Waals surface area contributed by atoms with Crippen molar-refractivity contribution in [2.24, 2.45) is 23.7 Å². The first kappa shape index (κ1) is 60.6. The number of benzene rings is 2. The number of methoxy groups -OCH3 is 2. The summed E-state index contributed by atoms with van der Waals surface area (Å²) in [7, 11) is 6.13. The van der Waals surface area contributed by atoms with Crippen LogP contribution in [0.2, 0.25) is 0 Å². The molecule has 0 spiro atoms. The zero-order valence-electron chi connectivity index (χ0n) is 44.8. The molecule has 0 aliphatic carbocycles. The average molecular weight is 1030 g/mol. The van der Waals surface area contributed by atoms with Crippen LogP contribution < -0.4 is 16.4 Å². The van der Waals surface area contributed by atoms with Crippen molar-refractivity contribution < 1.29 is 68.1 Å². The van der Waals surface area contributed by atoms with Gasteiger partial charge < -0.3 is 70.3 Å². The fourth-order valence-electron chi connectivity index (χ4n) is 10.1. The summed E-state index contributed by atoms with van der Waals surface area (Å²) in [4.78, 5) is 75.2. The van der Waals surface area contributed by atoms with E-state index in [9.17, 15) is 44.4 Å². The van der Waals surface area contributed by atoms with Crippen molar-refractivity contribution in [3.63, 3.8) is 0 Å². The number of nitrogens with one attached hydrogen (secondary N) is 2. The van der Waals surface area contributed by atoms with Crippen molar-refractivity contribution in [2.75, 3.05) is 47.2 Å². The van der Waals surface area contributed by atoms with Gasteiger partial charge in [-0.15, -0.1) is 0 Å². The van der Waals surface area contributed by atoms with Gasteiger partial charge in [-0.05, 0) is 60.8 Å². The Morgan fingerprint density at radius 3 is 2.04 bits per heavy atom. The van der Waals surface area contributed by atoms with E-state index >= 15 is 0 Å². The second-order valence-electron chi connectivity index (χ2n) is 20.4. The molecule has 15 atom stereocenters. The van der Waals surface area contributed by atoms with E-state index in [2.05, 4.69) is 10.6 Å². The maximum Gasteiger partial charge on any atom is 0.410 e. The summed E-state index contributed by atoms with van der Waals surface area (Å²) >= 11 is 0. The van der Waals surface area contributed by atoms with Gasteiger partial charge in [0.05, 0.1) is 49.3 Å². The van der Waals surface area contributed by atoms with Gasteiger partial charge in [0, 0.05) is 40.5 Å². The third-order valence-electron chi connectivity index (χ3n) is 14.5. The summed E-state index contributed by atoms with van der Waals surface area (Å²) in [5.41, 5.74) is 7.70. The van der Waals surface area contributed by atoms with Gasteiger partial charge >= 0.3 is 6.09 Å². The number of carbonyl (C=O) groups is 5. The molecule has 0 aromatic heterocycles. The second kappa shape index (κ2) is 28.1. The van der Waals surface area contributed by atoms with Crippen LogP contribution in [0.3, 0.4) is 0 Å². The number of hydrogen-bond donors (Lipinski definition) is 7. The first-order chi connectivity index (χ1) is 34.5. The van der Waals surface area contributed by atoms with Crippen molar-refractivity contribution in [1.82, 2.24) is 25.3 Å². The molecule has 20 nitrogen and oxygen atoms in total. The molecule has 0 radical (unpaired) electrons. The SMILES string of the molecule is CCC(C)C(C(CC(=O)N1CCCC1C(OC)C(C)C(=O)NC(C)C(OC1OC(CO)C(O)C(O)C1O)c1ccccc1)OC)N(C)C(=O)C(NC(=O)C(C(C)C)N(C)C(=O)OCc1ccc(N)cc1)C(C)C. The minimum Gasteiger partial charge on any atom is -0.445 e. The van der Waals surface area contributed by atoms with Crippen LogP contribution in [-0.2, 0) is 49.5 Å². The summed E-state index contributed by atoms with van der Waals surface area (Å²) in [6.07, 6.45) is -8.98. The summed E-state index contributed by atoms with van der Waals surface area (Å²) < 4.78 is 29.5. The minimum atomic E-state index is -1.67. The molecule has 2 heterocycles. The molecule has 15 unspecified atom stereocenters. The molecule has 2 aromatic carbocycles. The lowest BCUT2D eigenvalue weighted by Gasteiger charge is -2.42. The van der Waals surface area contributed by atoms with Crippen molar-refractivity contribution in [3.05, 3.63) is 65.7 Å². The van der Waals surface area contributed by atoms with Crippen molar-refractivity contribution >= 4 is 35.4 Å². The maximum atomic E-state index is 14.6. The zero-order valence-corrected chi connectivity index (χ0v) is 44.8. The van der Waals surface area contributed by atoms with Crippen molar-refractivity contribution in [3.8, 4) is 0 Å². The van der Waals surface area contributed by atoms with Crippen molar-refractivity contribution in [1.29, 1.82) is 0 Å². The molecule has 0 saturated carbocycles. The molecular weight excluding hydrogens is 945 g/mol. The fourth-order valence-corrected chi connectivity index (χ4v) is 10.1. The molecule has 2 aliphatic heterocycles. The monoisotopic (exact) mass is 1030 g/mol. The molecule has 8 N–H and O–H groups in total. The van der Waals surface area contributed by atoms with E-state index in [0.717, 1.165) is 5.56 Å². The van der Waals surface area contributed by atoms with E-state index in [-0.39, 0.29) is 42.6 Å². The summed E-state index contributed by atoms with van der Waals surface area (Å²) in [5, 5.41) is 47.3. The Kier molecular flexibility index (Phi) is 23.3. The quantitative estimate of drug-likeness (QED) is 0.0705. The number of ether oxygens (including phenoxy) is 5. The second-order valence-corrected chi connectivity index (χ2v) is 20.4. The van der Waals surface area contributed by atoms with Gasteiger partial charge in [0.25, 0.3) is 0 Å². The van der Waals surface area contributed by atoms with Crippen LogP contribution in [0.15, 0.2) is 54.6 Å². The van der Waals surface area contributed by atoms with Gasteiger partial charge in [-0.1, -0.05) is 97.4 Å². The van der Waals surface area contributed by atoms with E-state index in [1.807, 2.05) is 27.7 Å². The van der Waals surface area contributed by atoms with Crippen LogP contribution in [0, 0.1) is 23.7 Å². The number of nitrogen functional groups attached to an aromatic ring is 1.